The summed E-state index contributed by atoms with van der Waals surface area (Å²) < 4.78 is 33.2. The molecule has 1 heterocycles. The largest absolute Gasteiger partial charge is 0.446 e. The number of rotatable bonds is 11. The molecule has 0 radical (unpaired) electrons. The Hall–Kier alpha value is -5.05. The smallest absolute Gasteiger partial charge is 0.408 e. The highest BCUT2D eigenvalue weighted by atomic mass is 32.2. The van der Waals surface area contributed by atoms with Gasteiger partial charge in [0, 0.05) is 34.6 Å². The van der Waals surface area contributed by atoms with E-state index in [1.807, 2.05) is 0 Å². The molecule has 5 aliphatic rings. The van der Waals surface area contributed by atoms with Crippen LogP contribution < -0.4 is 15.4 Å². The maximum Gasteiger partial charge on any atom is 0.408 e. The van der Waals surface area contributed by atoms with E-state index in [1.54, 1.807) is 69.3 Å². The normalized spacial score (nSPS) is 25.2. The van der Waals surface area contributed by atoms with Gasteiger partial charge < -0.3 is 25.1 Å². The summed E-state index contributed by atoms with van der Waals surface area (Å²) in [6.45, 7) is 9.02. The first-order valence-corrected chi connectivity index (χ1v) is 20.4. The first-order chi connectivity index (χ1) is 26.1. The first kappa shape index (κ1) is 38.2. The van der Waals surface area contributed by atoms with Crippen molar-refractivity contribution in [1.29, 1.82) is 0 Å². The molecule has 4 aliphatic carbocycles. The molecule has 292 valence electrons. The monoisotopic (exact) mass is 773 g/mol. The van der Waals surface area contributed by atoms with Crippen molar-refractivity contribution in [3.05, 3.63) is 83.4 Å². The Labute approximate surface area is 320 Å². The van der Waals surface area contributed by atoms with Crippen molar-refractivity contribution in [2.45, 2.75) is 107 Å². The Bertz CT molecular complexity index is 2020. The second-order valence-electron chi connectivity index (χ2n) is 16.3. The van der Waals surface area contributed by atoms with E-state index in [1.165, 1.54) is 11.0 Å². The summed E-state index contributed by atoms with van der Waals surface area (Å²) in [4.78, 5) is 76.3. The minimum atomic E-state index is -3.92. The predicted octanol–water partition coefficient (Wildman–Crippen LogP) is 3.72. The molecule has 3 saturated carbocycles. The Morgan fingerprint density at radius 3 is 2.09 bits per heavy atom. The van der Waals surface area contributed by atoms with Gasteiger partial charge in [0.15, 0.2) is 5.78 Å². The lowest BCUT2D eigenvalue weighted by Crippen LogP contribution is -2.60. The minimum absolute atomic E-state index is 0.0449. The quantitative estimate of drug-likeness (QED) is 0.193. The van der Waals surface area contributed by atoms with Crippen molar-refractivity contribution in [3.63, 3.8) is 0 Å². The molecule has 3 N–H and O–H groups in total. The van der Waals surface area contributed by atoms with E-state index in [-0.39, 0.29) is 31.3 Å². The summed E-state index contributed by atoms with van der Waals surface area (Å²) in [5.41, 5.74) is 0.0761. The lowest BCUT2D eigenvalue weighted by atomic mass is 9.84. The summed E-state index contributed by atoms with van der Waals surface area (Å²) in [5.74, 6) is -2.82. The number of sulfonamides is 1. The Morgan fingerprint density at radius 1 is 0.945 bits per heavy atom. The summed E-state index contributed by atoms with van der Waals surface area (Å²) in [6.07, 6.45) is 4.03. The third kappa shape index (κ3) is 7.63. The fourth-order valence-electron chi connectivity index (χ4n) is 7.80. The number of hydrogen-bond acceptors (Lipinski definition) is 10. The van der Waals surface area contributed by atoms with E-state index >= 15 is 0 Å². The van der Waals surface area contributed by atoms with Gasteiger partial charge in [-0.05, 0) is 50.4 Å². The topological polar surface area (TPSA) is 190 Å². The molecular formula is C40H47N5O9S. The highest BCUT2D eigenvalue weighted by Crippen LogP contribution is 2.45. The van der Waals surface area contributed by atoms with Crippen LogP contribution in [0.1, 0.15) is 99.2 Å². The number of oxime groups is 1. The highest BCUT2D eigenvalue weighted by Gasteiger charge is 2.62. The molecule has 2 aromatic rings. The Morgan fingerprint density at radius 2 is 1.55 bits per heavy atom. The molecule has 15 heteroatoms. The maximum absolute atomic E-state index is 14.6. The molecule has 0 spiro atoms. The number of carbonyl (C=O) groups is 5. The summed E-state index contributed by atoms with van der Waals surface area (Å²) >= 11 is 0. The number of likely N-dealkylation sites (tertiary alicyclic amines) is 1. The van der Waals surface area contributed by atoms with Gasteiger partial charge in [0.05, 0.1) is 11.8 Å². The Kier molecular flexibility index (Phi) is 10.1. The zero-order valence-electron chi connectivity index (χ0n) is 31.2. The number of carbonyl (C=O) groups excluding carboxylic acids is 5. The fraction of sp³-hybridized carbons (Fsp3) is 0.500. The molecule has 7 rings (SSSR count). The summed E-state index contributed by atoms with van der Waals surface area (Å²) in [5, 5.41) is 9.41. The number of ketones is 1. The number of amides is 4. The zero-order chi connectivity index (χ0) is 39.3. The number of benzene rings is 2. The summed E-state index contributed by atoms with van der Waals surface area (Å²) in [7, 11) is -3.92. The van der Waals surface area contributed by atoms with Crippen LogP contribution in [0.4, 0.5) is 4.79 Å². The van der Waals surface area contributed by atoms with E-state index in [4.69, 9.17) is 9.57 Å². The average Bonchev–Trinajstić information content (AvgIpc) is 4.03. The van der Waals surface area contributed by atoms with E-state index in [2.05, 4.69) is 27.1 Å². The number of nitrogens with one attached hydrogen (secondary N) is 3. The zero-order valence-corrected chi connectivity index (χ0v) is 32.0. The molecule has 14 nitrogen and oxygen atoms in total. The van der Waals surface area contributed by atoms with Gasteiger partial charge in [-0.25, -0.2) is 13.2 Å². The van der Waals surface area contributed by atoms with Crippen LogP contribution in [0.25, 0.3) is 0 Å². The molecule has 1 aliphatic heterocycles. The van der Waals surface area contributed by atoms with Crippen LogP contribution in [0.3, 0.4) is 0 Å². The van der Waals surface area contributed by atoms with Crippen LogP contribution in [0.2, 0.25) is 0 Å². The van der Waals surface area contributed by atoms with Crippen molar-refractivity contribution in [1.82, 2.24) is 20.3 Å². The SMILES string of the molecule is C=C[C@@H]1C[C@@]1(NC(=O)[C@@H]1C[C@@H](ON=C2c3ccccc3C(=O)c3ccccc32)CN1C(=O)[C@@H](NC(=O)OC1CCCC1)C(C)(C)C)C(=O)NS(=O)(=O)C1CC1. The van der Waals surface area contributed by atoms with Gasteiger partial charge in [-0.2, -0.15) is 0 Å². The van der Waals surface area contributed by atoms with Gasteiger partial charge >= 0.3 is 6.09 Å². The lowest BCUT2D eigenvalue weighted by Gasteiger charge is -2.35. The van der Waals surface area contributed by atoms with Crippen molar-refractivity contribution >= 4 is 45.3 Å². The van der Waals surface area contributed by atoms with Crippen molar-refractivity contribution in [2.75, 3.05) is 6.54 Å². The average molecular weight is 774 g/mol. The van der Waals surface area contributed by atoms with Gasteiger partial charge in [0.25, 0.3) is 5.91 Å². The minimum Gasteiger partial charge on any atom is -0.446 e. The molecule has 1 saturated heterocycles. The molecule has 4 amide bonds. The molecule has 4 fully saturated rings. The highest BCUT2D eigenvalue weighted by molar-refractivity contribution is 7.91. The third-order valence-electron chi connectivity index (χ3n) is 11.2. The number of ether oxygens (including phenoxy) is 1. The van der Waals surface area contributed by atoms with Gasteiger partial charge in [-0.15, -0.1) is 6.58 Å². The third-order valence-corrected chi connectivity index (χ3v) is 13.0. The van der Waals surface area contributed by atoms with Crippen LogP contribution in [-0.2, 0) is 34.0 Å². The summed E-state index contributed by atoms with van der Waals surface area (Å²) in [6, 6.07) is 11.8. The van der Waals surface area contributed by atoms with Gasteiger partial charge in [-0.3, -0.25) is 23.9 Å². The van der Waals surface area contributed by atoms with Crippen LogP contribution >= 0.6 is 0 Å². The molecule has 0 unspecified atom stereocenters. The molecular weight excluding hydrogens is 727 g/mol. The van der Waals surface area contributed by atoms with Gasteiger partial charge in [0.1, 0.15) is 35.5 Å². The first-order valence-electron chi connectivity index (χ1n) is 18.9. The molecule has 5 atom stereocenters. The van der Waals surface area contributed by atoms with Crippen LogP contribution in [0.15, 0.2) is 66.3 Å². The Balaban J connectivity index is 1.17. The second-order valence-corrected chi connectivity index (χ2v) is 18.2. The van der Waals surface area contributed by atoms with Crippen molar-refractivity contribution in [2.24, 2.45) is 16.5 Å². The van der Waals surface area contributed by atoms with E-state index in [9.17, 15) is 32.4 Å². The van der Waals surface area contributed by atoms with Gasteiger partial charge in [0.2, 0.25) is 21.8 Å². The molecule has 0 aromatic heterocycles. The number of nitrogens with zero attached hydrogens (tertiary/aromatic N) is 2. The van der Waals surface area contributed by atoms with Crippen molar-refractivity contribution in [3.8, 4) is 0 Å². The predicted molar refractivity (Wildman–Crippen MR) is 201 cm³/mol. The number of hydrogen-bond donors (Lipinski definition) is 3. The van der Waals surface area contributed by atoms with Crippen LogP contribution in [-0.4, -0.2) is 90.3 Å². The standard InChI is InChI=1S/C40H47N5O9S/c1-5-23-21-40(23,37(49)44-55(51,52)26-18-19-26)42-35(47)31-20-25(22-45(31)36(48)34(39(2,3)4)41-38(50)53-24-12-6-7-13-24)54-43-32-27-14-8-10-16-29(27)33(46)30-17-11-9-15-28(30)32/h5,8-11,14-17,23-26,31,34H,1,6-7,12-13,18-22H2,2-4H3,(H,41,50)(H,42,47)(H,44,49)/t23-,25-,31+,34-,40+/m1/s1. The molecule has 55 heavy (non-hydrogen) atoms. The van der Waals surface area contributed by atoms with Crippen LogP contribution in [0.5, 0.6) is 0 Å². The van der Waals surface area contributed by atoms with E-state index in [0.29, 0.717) is 40.8 Å². The van der Waals surface area contributed by atoms with Crippen molar-refractivity contribution < 1.29 is 42.0 Å². The second kappa shape index (κ2) is 14.5. The van der Waals surface area contributed by atoms with E-state index in [0.717, 1.165) is 25.7 Å². The van der Waals surface area contributed by atoms with Crippen LogP contribution in [0, 0.1) is 11.3 Å². The maximum atomic E-state index is 14.6. The number of alkyl carbamates (subject to hydrolysis) is 1. The fourth-order valence-corrected chi connectivity index (χ4v) is 9.16. The van der Waals surface area contributed by atoms with E-state index < -0.39 is 74.1 Å². The molecule has 0 bridgehead atoms. The lowest BCUT2D eigenvalue weighted by molar-refractivity contribution is -0.143. The van der Waals surface area contributed by atoms with Gasteiger partial charge in [-0.1, -0.05) is 80.5 Å². The number of fused-ring (bicyclic) bond motifs is 2. The molecule has 2 aromatic carbocycles.